The highest BCUT2D eigenvalue weighted by molar-refractivity contribution is 5.89. The zero-order valence-corrected chi connectivity index (χ0v) is 17.6. The van der Waals surface area contributed by atoms with Gasteiger partial charge in [-0.15, -0.1) is 0 Å². The van der Waals surface area contributed by atoms with Crippen LogP contribution in [0.1, 0.15) is 63.4 Å². The molecule has 0 radical (unpaired) electrons. The molecule has 0 unspecified atom stereocenters. The summed E-state index contributed by atoms with van der Waals surface area (Å²) in [6.45, 7) is 9.24. The summed E-state index contributed by atoms with van der Waals surface area (Å²) in [6.07, 6.45) is 4.13. The lowest BCUT2D eigenvalue weighted by Gasteiger charge is -2.19. The maximum atomic E-state index is 12.3. The van der Waals surface area contributed by atoms with Crippen LogP contribution in [0.3, 0.4) is 0 Å². The van der Waals surface area contributed by atoms with E-state index < -0.39 is 0 Å². The fourth-order valence-electron chi connectivity index (χ4n) is 2.99. The van der Waals surface area contributed by atoms with Crippen LogP contribution in [0, 0.1) is 0 Å². The summed E-state index contributed by atoms with van der Waals surface area (Å²) in [5.41, 5.74) is 2.55. The van der Waals surface area contributed by atoms with Crippen molar-refractivity contribution in [2.75, 3.05) is 5.32 Å². The Bertz CT molecular complexity index is 935. The first kappa shape index (κ1) is 20.8. The van der Waals surface area contributed by atoms with E-state index in [9.17, 15) is 4.79 Å². The highest BCUT2D eigenvalue weighted by atomic mass is 16.5. The van der Waals surface area contributed by atoms with Gasteiger partial charge in [0.1, 0.15) is 5.82 Å². The molecule has 154 valence electrons. The second-order valence-corrected chi connectivity index (χ2v) is 8.22. The number of rotatable bonds is 8. The van der Waals surface area contributed by atoms with Crippen LogP contribution < -0.4 is 5.32 Å². The van der Waals surface area contributed by atoms with Gasteiger partial charge in [-0.25, -0.2) is 4.68 Å². The van der Waals surface area contributed by atoms with E-state index in [0.717, 1.165) is 18.4 Å². The molecule has 0 spiro atoms. The summed E-state index contributed by atoms with van der Waals surface area (Å²) in [7, 11) is 0. The van der Waals surface area contributed by atoms with Crippen molar-refractivity contribution < 1.29 is 9.32 Å². The van der Waals surface area contributed by atoms with E-state index in [2.05, 4.69) is 72.5 Å². The largest absolute Gasteiger partial charge is 0.339 e. The number of hydrogen-bond donors (Lipinski definition) is 1. The van der Waals surface area contributed by atoms with Gasteiger partial charge in [-0.2, -0.15) is 10.1 Å². The molecule has 1 N–H and O–H groups in total. The lowest BCUT2D eigenvalue weighted by molar-refractivity contribution is -0.116. The Labute approximate surface area is 171 Å². The molecule has 0 aliphatic heterocycles. The van der Waals surface area contributed by atoms with E-state index in [-0.39, 0.29) is 17.7 Å². The minimum atomic E-state index is -0.106. The molecule has 0 saturated heterocycles. The molecule has 2 aromatic heterocycles. The van der Waals surface area contributed by atoms with Gasteiger partial charge in [-0.3, -0.25) is 4.79 Å². The standard InChI is InChI=1S/C22H29N5O2/c1-5-6-18-24-21(29-26-18)12-11-20(28)25-19-13-14-23-27(19)15-16-7-9-17(10-8-16)22(2,3)4/h7-10,13-14H,5-6,11-12,15H2,1-4H3,(H,25,28). The molecule has 7 nitrogen and oxygen atoms in total. The fraction of sp³-hybridized carbons (Fsp3) is 0.455. The van der Waals surface area contributed by atoms with Crippen molar-refractivity contribution in [1.82, 2.24) is 19.9 Å². The molecule has 1 amide bonds. The van der Waals surface area contributed by atoms with Crippen LogP contribution in [0.25, 0.3) is 0 Å². The summed E-state index contributed by atoms with van der Waals surface area (Å²) < 4.78 is 6.97. The van der Waals surface area contributed by atoms with Gasteiger partial charge in [-0.05, 0) is 23.0 Å². The Morgan fingerprint density at radius 1 is 1.14 bits per heavy atom. The van der Waals surface area contributed by atoms with Gasteiger partial charge in [0.05, 0.1) is 12.7 Å². The zero-order valence-electron chi connectivity index (χ0n) is 17.6. The molecule has 7 heteroatoms. The molecular formula is C22H29N5O2. The summed E-state index contributed by atoms with van der Waals surface area (Å²) in [6, 6.07) is 10.3. The number of carbonyl (C=O) groups excluding carboxylic acids is 1. The number of carbonyl (C=O) groups is 1. The van der Waals surface area contributed by atoms with Crippen molar-refractivity contribution in [2.45, 2.75) is 65.3 Å². The number of benzene rings is 1. The average molecular weight is 396 g/mol. The normalized spacial score (nSPS) is 11.6. The van der Waals surface area contributed by atoms with Gasteiger partial charge >= 0.3 is 0 Å². The molecular weight excluding hydrogens is 366 g/mol. The Hall–Kier alpha value is -2.96. The number of anilines is 1. The molecule has 3 aromatic rings. The molecule has 0 fully saturated rings. The second-order valence-electron chi connectivity index (χ2n) is 8.22. The number of aromatic nitrogens is 4. The Morgan fingerprint density at radius 2 is 1.90 bits per heavy atom. The topological polar surface area (TPSA) is 85.8 Å². The van der Waals surface area contributed by atoms with Gasteiger partial charge in [0.25, 0.3) is 0 Å². The first-order valence-electron chi connectivity index (χ1n) is 10.1. The molecule has 0 bridgehead atoms. The van der Waals surface area contributed by atoms with Crippen molar-refractivity contribution in [3.05, 3.63) is 59.4 Å². The van der Waals surface area contributed by atoms with Gasteiger partial charge in [-0.1, -0.05) is 57.1 Å². The van der Waals surface area contributed by atoms with Crippen LogP contribution in [-0.2, 0) is 29.6 Å². The van der Waals surface area contributed by atoms with Crippen LogP contribution >= 0.6 is 0 Å². The highest BCUT2D eigenvalue weighted by Crippen LogP contribution is 2.22. The molecule has 29 heavy (non-hydrogen) atoms. The van der Waals surface area contributed by atoms with Crippen LogP contribution in [0.5, 0.6) is 0 Å². The zero-order chi connectivity index (χ0) is 20.9. The lowest BCUT2D eigenvalue weighted by Crippen LogP contribution is -2.16. The quantitative estimate of drug-likeness (QED) is 0.620. The monoisotopic (exact) mass is 395 g/mol. The van der Waals surface area contributed by atoms with Crippen LogP contribution in [-0.4, -0.2) is 25.8 Å². The predicted octanol–water partition coefficient (Wildman–Crippen LogP) is 4.14. The maximum absolute atomic E-state index is 12.3. The minimum Gasteiger partial charge on any atom is -0.339 e. The van der Waals surface area contributed by atoms with Crippen molar-refractivity contribution in [3.8, 4) is 0 Å². The summed E-state index contributed by atoms with van der Waals surface area (Å²) in [4.78, 5) is 16.6. The van der Waals surface area contributed by atoms with Crippen molar-refractivity contribution in [1.29, 1.82) is 0 Å². The van der Waals surface area contributed by atoms with E-state index >= 15 is 0 Å². The third-order valence-electron chi connectivity index (χ3n) is 4.69. The van der Waals surface area contributed by atoms with Gasteiger partial charge in [0.2, 0.25) is 11.8 Å². The van der Waals surface area contributed by atoms with E-state index in [0.29, 0.717) is 30.5 Å². The maximum Gasteiger partial charge on any atom is 0.227 e. The number of aryl methyl sites for hydroxylation is 2. The first-order valence-corrected chi connectivity index (χ1v) is 10.1. The van der Waals surface area contributed by atoms with Crippen LogP contribution in [0.4, 0.5) is 5.82 Å². The molecule has 0 aliphatic rings. The third-order valence-corrected chi connectivity index (χ3v) is 4.69. The molecule has 3 rings (SSSR count). The fourth-order valence-corrected chi connectivity index (χ4v) is 2.99. The summed E-state index contributed by atoms with van der Waals surface area (Å²) in [5, 5.41) is 11.2. The molecule has 0 atom stereocenters. The molecule has 0 saturated carbocycles. The Balaban J connectivity index is 1.56. The van der Waals surface area contributed by atoms with Crippen molar-refractivity contribution in [3.63, 3.8) is 0 Å². The molecule has 0 aliphatic carbocycles. The Morgan fingerprint density at radius 3 is 2.59 bits per heavy atom. The highest BCUT2D eigenvalue weighted by Gasteiger charge is 2.14. The first-order chi connectivity index (χ1) is 13.8. The van der Waals surface area contributed by atoms with E-state index in [1.165, 1.54) is 5.56 Å². The van der Waals surface area contributed by atoms with Crippen LogP contribution in [0.2, 0.25) is 0 Å². The van der Waals surface area contributed by atoms with E-state index in [1.54, 1.807) is 16.9 Å². The summed E-state index contributed by atoms with van der Waals surface area (Å²) in [5.74, 6) is 1.76. The van der Waals surface area contributed by atoms with Gasteiger partial charge in [0.15, 0.2) is 5.82 Å². The van der Waals surface area contributed by atoms with E-state index in [1.807, 2.05) is 0 Å². The van der Waals surface area contributed by atoms with Gasteiger partial charge in [0, 0.05) is 25.3 Å². The second kappa shape index (κ2) is 9.03. The van der Waals surface area contributed by atoms with E-state index in [4.69, 9.17) is 4.52 Å². The number of hydrogen-bond acceptors (Lipinski definition) is 5. The third kappa shape index (κ3) is 5.76. The predicted molar refractivity (Wildman–Crippen MR) is 112 cm³/mol. The SMILES string of the molecule is CCCc1noc(CCC(=O)Nc2ccnn2Cc2ccc(C(C)(C)C)cc2)n1. The van der Waals surface area contributed by atoms with Crippen molar-refractivity contribution in [2.24, 2.45) is 0 Å². The Kier molecular flexibility index (Phi) is 6.46. The molecule has 2 heterocycles. The number of nitrogens with zero attached hydrogens (tertiary/aromatic N) is 4. The lowest BCUT2D eigenvalue weighted by atomic mass is 9.87. The molecule has 1 aromatic carbocycles. The number of amides is 1. The minimum absolute atomic E-state index is 0.106. The van der Waals surface area contributed by atoms with Crippen LogP contribution in [0.15, 0.2) is 41.1 Å². The number of nitrogens with one attached hydrogen (secondary N) is 1. The van der Waals surface area contributed by atoms with Gasteiger partial charge < -0.3 is 9.84 Å². The van der Waals surface area contributed by atoms with Crippen molar-refractivity contribution >= 4 is 11.7 Å². The average Bonchev–Trinajstić information content (AvgIpc) is 3.30. The summed E-state index contributed by atoms with van der Waals surface area (Å²) >= 11 is 0. The smallest absolute Gasteiger partial charge is 0.227 e.